The van der Waals surface area contributed by atoms with Crippen LogP contribution in [0, 0.1) is 11.7 Å². The van der Waals surface area contributed by atoms with E-state index in [1.807, 2.05) is 11.8 Å². The van der Waals surface area contributed by atoms with Crippen molar-refractivity contribution in [1.29, 1.82) is 0 Å². The van der Waals surface area contributed by atoms with Gasteiger partial charge in [-0.25, -0.2) is 4.39 Å². The topological polar surface area (TPSA) is 32.7 Å². The first-order valence-corrected chi connectivity index (χ1v) is 8.85. The van der Waals surface area contributed by atoms with Crippen molar-refractivity contribution in [2.45, 2.75) is 18.9 Å². The smallest absolute Gasteiger partial charge is 0.165 e. The van der Waals surface area contributed by atoms with Crippen LogP contribution >= 0.6 is 11.8 Å². The molecule has 1 heterocycles. The van der Waals surface area contributed by atoms with E-state index in [4.69, 9.17) is 4.74 Å². The van der Waals surface area contributed by atoms with Crippen molar-refractivity contribution in [1.82, 2.24) is 4.90 Å². The summed E-state index contributed by atoms with van der Waals surface area (Å²) < 4.78 is 18.8. The first kappa shape index (κ1) is 16.6. The van der Waals surface area contributed by atoms with Gasteiger partial charge in [0.1, 0.15) is 12.7 Å². The summed E-state index contributed by atoms with van der Waals surface area (Å²) in [4.78, 5) is 2.29. The number of para-hydroxylation sites is 1. The lowest BCUT2D eigenvalue weighted by Crippen LogP contribution is -2.42. The molecule has 118 valence electrons. The molecule has 2 rings (SSSR count). The van der Waals surface area contributed by atoms with Crippen LogP contribution in [0.2, 0.25) is 0 Å². The van der Waals surface area contributed by atoms with Crippen molar-refractivity contribution in [3.05, 3.63) is 30.1 Å². The molecule has 0 amide bonds. The normalized spacial score (nSPS) is 21.2. The number of hydrogen-bond acceptors (Lipinski definition) is 4. The maximum atomic E-state index is 13.4. The number of thioether (sulfide) groups is 1. The molecule has 1 aromatic carbocycles. The third-order valence-electron chi connectivity index (χ3n) is 3.74. The molecule has 0 saturated carbocycles. The zero-order valence-corrected chi connectivity index (χ0v) is 13.3. The number of ether oxygens (including phenoxy) is 1. The van der Waals surface area contributed by atoms with Crippen molar-refractivity contribution in [2.24, 2.45) is 5.92 Å². The summed E-state index contributed by atoms with van der Waals surface area (Å²) in [7, 11) is 0. The number of hydrogen-bond donors (Lipinski definition) is 1. The highest BCUT2D eigenvalue weighted by Gasteiger charge is 2.21. The van der Waals surface area contributed by atoms with Gasteiger partial charge in [-0.1, -0.05) is 12.1 Å². The molecule has 1 saturated heterocycles. The molecule has 1 aliphatic rings. The summed E-state index contributed by atoms with van der Waals surface area (Å²) in [6, 6.07) is 6.29. The molecule has 1 fully saturated rings. The summed E-state index contributed by atoms with van der Waals surface area (Å²) in [6.07, 6.45) is 4.01. The molecular weight excluding hydrogens is 289 g/mol. The fourth-order valence-electron chi connectivity index (χ4n) is 2.79. The second-order valence-corrected chi connectivity index (χ2v) is 6.53. The number of piperidine rings is 1. The quantitative estimate of drug-likeness (QED) is 0.839. The Kier molecular flexibility index (Phi) is 6.80. The Bertz CT molecular complexity index is 430. The van der Waals surface area contributed by atoms with Gasteiger partial charge in [0.15, 0.2) is 11.6 Å². The molecule has 21 heavy (non-hydrogen) atoms. The molecule has 1 aromatic rings. The third kappa shape index (κ3) is 5.49. The second kappa shape index (κ2) is 8.61. The molecule has 0 bridgehead atoms. The molecule has 1 aliphatic heterocycles. The Morgan fingerprint density at radius 1 is 1.48 bits per heavy atom. The number of β-amino-alcohol motifs (C(OH)–C–C–N with tert-alkyl or cyclic N) is 1. The zero-order chi connectivity index (χ0) is 15.1. The van der Waals surface area contributed by atoms with E-state index < -0.39 is 6.10 Å². The SMILES string of the molecule is CSC[C@@H]1CCCN(C[C@H](O)COc2ccccc2F)C1. The van der Waals surface area contributed by atoms with Gasteiger partial charge >= 0.3 is 0 Å². The van der Waals surface area contributed by atoms with Gasteiger partial charge < -0.3 is 14.7 Å². The molecule has 3 nitrogen and oxygen atoms in total. The number of aliphatic hydroxyl groups excluding tert-OH is 1. The Morgan fingerprint density at radius 3 is 3.05 bits per heavy atom. The molecule has 5 heteroatoms. The molecule has 1 N–H and O–H groups in total. The maximum Gasteiger partial charge on any atom is 0.165 e. The number of halogens is 1. The summed E-state index contributed by atoms with van der Waals surface area (Å²) in [5.41, 5.74) is 0. The second-order valence-electron chi connectivity index (χ2n) is 5.62. The minimum Gasteiger partial charge on any atom is -0.488 e. The number of aliphatic hydroxyl groups is 1. The number of nitrogens with zero attached hydrogens (tertiary/aromatic N) is 1. The molecule has 0 spiro atoms. The Hall–Kier alpha value is -0.780. The predicted molar refractivity (Wildman–Crippen MR) is 85.4 cm³/mol. The van der Waals surface area contributed by atoms with Crippen LogP contribution in [-0.2, 0) is 0 Å². The van der Waals surface area contributed by atoms with Crippen molar-refractivity contribution in [2.75, 3.05) is 38.2 Å². The van der Waals surface area contributed by atoms with E-state index in [2.05, 4.69) is 11.2 Å². The van der Waals surface area contributed by atoms with Crippen molar-refractivity contribution in [3.8, 4) is 5.75 Å². The van der Waals surface area contributed by atoms with Crippen molar-refractivity contribution >= 4 is 11.8 Å². The van der Waals surface area contributed by atoms with Crippen molar-refractivity contribution in [3.63, 3.8) is 0 Å². The molecule has 2 atom stereocenters. The molecule has 0 aliphatic carbocycles. The standard InChI is InChI=1S/C16H24FNO2S/c1-21-12-13-5-4-8-18(9-13)10-14(19)11-20-16-7-3-2-6-15(16)17/h2-3,6-7,13-14,19H,4-5,8-12H2,1H3/t13-,14+/m1/s1. The lowest BCUT2D eigenvalue weighted by molar-refractivity contribution is 0.0530. The number of likely N-dealkylation sites (tertiary alicyclic amines) is 1. The summed E-state index contributed by atoms with van der Waals surface area (Å²) in [6.45, 7) is 2.79. The zero-order valence-electron chi connectivity index (χ0n) is 12.5. The molecule has 0 radical (unpaired) electrons. The van der Waals surface area contributed by atoms with Crippen LogP contribution in [0.15, 0.2) is 24.3 Å². The third-order valence-corrected chi connectivity index (χ3v) is 4.55. The van der Waals surface area contributed by atoms with Gasteiger partial charge in [0, 0.05) is 13.1 Å². The fourth-order valence-corrected chi connectivity index (χ4v) is 3.53. The van der Waals surface area contributed by atoms with Gasteiger partial charge in [0.25, 0.3) is 0 Å². The van der Waals surface area contributed by atoms with Gasteiger partial charge in [-0.05, 0) is 49.4 Å². The number of benzene rings is 1. The van der Waals surface area contributed by atoms with E-state index in [0.717, 1.165) is 13.1 Å². The van der Waals surface area contributed by atoms with Crippen LogP contribution in [0.4, 0.5) is 4.39 Å². The largest absolute Gasteiger partial charge is 0.488 e. The Labute approximate surface area is 130 Å². The summed E-state index contributed by atoms with van der Waals surface area (Å²) >= 11 is 1.88. The van der Waals surface area contributed by atoms with Crippen LogP contribution in [0.25, 0.3) is 0 Å². The minimum atomic E-state index is -0.586. The first-order chi connectivity index (χ1) is 10.2. The minimum absolute atomic E-state index is 0.130. The van der Waals surface area contributed by atoms with E-state index in [-0.39, 0.29) is 18.2 Å². The van der Waals surface area contributed by atoms with E-state index in [0.29, 0.717) is 12.5 Å². The van der Waals surface area contributed by atoms with Gasteiger partial charge in [0.2, 0.25) is 0 Å². The van der Waals surface area contributed by atoms with E-state index in [1.165, 1.54) is 24.7 Å². The van der Waals surface area contributed by atoms with E-state index in [9.17, 15) is 9.50 Å². The summed E-state index contributed by atoms with van der Waals surface area (Å²) in [5, 5.41) is 10.1. The monoisotopic (exact) mass is 313 g/mol. The van der Waals surface area contributed by atoms with Gasteiger partial charge in [0.05, 0.1) is 0 Å². The van der Waals surface area contributed by atoms with E-state index in [1.54, 1.807) is 18.2 Å². The van der Waals surface area contributed by atoms with Gasteiger partial charge in [-0.2, -0.15) is 11.8 Å². The highest BCUT2D eigenvalue weighted by molar-refractivity contribution is 7.98. The van der Waals surface area contributed by atoms with Crippen LogP contribution in [-0.4, -0.2) is 54.4 Å². The lowest BCUT2D eigenvalue weighted by Gasteiger charge is -2.33. The first-order valence-electron chi connectivity index (χ1n) is 7.45. The maximum absolute atomic E-state index is 13.4. The van der Waals surface area contributed by atoms with Gasteiger partial charge in [-0.15, -0.1) is 0 Å². The highest BCUT2D eigenvalue weighted by Crippen LogP contribution is 2.20. The van der Waals surface area contributed by atoms with Crippen molar-refractivity contribution < 1.29 is 14.2 Å². The molecular formula is C16H24FNO2S. The average molecular weight is 313 g/mol. The number of rotatable bonds is 7. The Morgan fingerprint density at radius 2 is 2.29 bits per heavy atom. The fraction of sp³-hybridized carbons (Fsp3) is 0.625. The van der Waals surface area contributed by atoms with Crippen LogP contribution in [0.3, 0.4) is 0 Å². The highest BCUT2D eigenvalue weighted by atomic mass is 32.2. The summed E-state index contributed by atoms with van der Waals surface area (Å²) in [5.74, 6) is 1.71. The van der Waals surface area contributed by atoms with Crippen LogP contribution in [0.1, 0.15) is 12.8 Å². The average Bonchev–Trinajstić information content (AvgIpc) is 2.47. The van der Waals surface area contributed by atoms with Crippen LogP contribution < -0.4 is 4.74 Å². The Balaban J connectivity index is 1.74. The molecule has 0 unspecified atom stereocenters. The lowest BCUT2D eigenvalue weighted by atomic mass is 10.00. The van der Waals surface area contributed by atoms with E-state index >= 15 is 0 Å². The van der Waals surface area contributed by atoms with Crippen LogP contribution in [0.5, 0.6) is 5.75 Å². The molecule has 0 aromatic heterocycles. The van der Waals surface area contributed by atoms with Gasteiger partial charge in [-0.3, -0.25) is 0 Å². The predicted octanol–water partition coefficient (Wildman–Crippen LogP) is 2.64.